The Labute approximate surface area is 154 Å². The maximum Gasteiger partial charge on any atom is 0.254 e. The van der Waals surface area contributed by atoms with Crippen molar-refractivity contribution in [2.45, 2.75) is 26.3 Å². The number of nitrogens with zero attached hydrogens (tertiary/aromatic N) is 2. The molecule has 0 spiro atoms. The third-order valence-electron chi connectivity index (χ3n) is 4.56. The molecule has 0 unspecified atom stereocenters. The van der Waals surface area contributed by atoms with E-state index in [1.165, 1.54) is 0 Å². The molecule has 1 aliphatic rings. The number of hydrogen-bond acceptors (Lipinski definition) is 2. The molecule has 0 aliphatic heterocycles. The van der Waals surface area contributed by atoms with Crippen LogP contribution in [0.2, 0.25) is 0 Å². The summed E-state index contributed by atoms with van der Waals surface area (Å²) < 4.78 is 1.76. The molecule has 0 saturated carbocycles. The van der Waals surface area contributed by atoms with Crippen LogP contribution >= 0.6 is 0 Å². The summed E-state index contributed by atoms with van der Waals surface area (Å²) in [5.74, 6) is -0.0294. The van der Waals surface area contributed by atoms with Crippen LogP contribution in [0.15, 0.2) is 53.5 Å². The third-order valence-corrected chi connectivity index (χ3v) is 4.56. The van der Waals surface area contributed by atoms with E-state index in [0.717, 1.165) is 28.7 Å². The van der Waals surface area contributed by atoms with Crippen molar-refractivity contribution in [3.05, 3.63) is 75.7 Å². The molecule has 0 fully saturated rings. The van der Waals surface area contributed by atoms with Crippen LogP contribution in [-0.4, -0.2) is 29.5 Å². The van der Waals surface area contributed by atoms with Crippen molar-refractivity contribution in [3.8, 4) is 11.1 Å². The van der Waals surface area contributed by atoms with Crippen LogP contribution in [0.3, 0.4) is 0 Å². The van der Waals surface area contributed by atoms with Crippen LogP contribution in [0.4, 0.5) is 0 Å². The van der Waals surface area contributed by atoms with Crippen LogP contribution in [0, 0.1) is 0 Å². The fraction of sp³-hybridized carbons (Fsp3) is 0.273. The van der Waals surface area contributed by atoms with Gasteiger partial charge in [0, 0.05) is 43.5 Å². The zero-order chi connectivity index (χ0) is 18.7. The number of pyridine rings is 1. The number of allylic oxidation sites excluding steroid dienone is 3. The first-order valence-corrected chi connectivity index (χ1v) is 8.93. The number of aromatic nitrogens is 1. The van der Waals surface area contributed by atoms with Gasteiger partial charge in [0.1, 0.15) is 0 Å². The number of benzene rings is 1. The lowest BCUT2D eigenvalue weighted by Crippen LogP contribution is -2.24. The summed E-state index contributed by atoms with van der Waals surface area (Å²) in [6.45, 7) is 2.63. The summed E-state index contributed by atoms with van der Waals surface area (Å²) in [6.07, 6.45) is 11.6. The first-order valence-electron chi connectivity index (χ1n) is 8.93. The molecule has 4 heteroatoms. The van der Waals surface area contributed by atoms with Gasteiger partial charge in [-0.25, -0.2) is 0 Å². The van der Waals surface area contributed by atoms with Crippen molar-refractivity contribution in [1.29, 1.82) is 0 Å². The Morgan fingerprint density at radius 2 is 2.08 bits per heavy atom. The SMILES string of the molecule is CC/C=C/Cn1cc(-c2cccc(C(=O)N(C)C)c2)c2c(c1=O)CC=C2. The second-order valence-corrected chi connectivity index (χ2v) is 6.66. The molecule has 0 atom stereocenters. The summed E-state index contributed by atoms with van der Waals surface area (Å²) in [6, 6.07) is 7.61. The first kappa shape index (κ1) is 17.9. The van der Waals surface area contributed by atoms with E-state index in [4.69, 9.17) is 0 Å². The molecule has 1 aliphatic carbocycles. The topological polar surface area (TPSA) is 42.3 Å². The van der Waals surface area contributed by atoms with Crippen molar-refractivity contribution in [3.63, 3.8) is 0 Å². The maximum absolute atomic E-state index is 12.7. The van der Waals surface area contributed by atoms with E-state index in [0.29, 0.717) is 18.5 Å². The average molecular weight is 348 g/mol. The van der Waals surface area contributed by atoms with Crippen molar-refractivity contribution in [1.82, 2.24) is 9.47 Å². The minimum absolute atomic E-state index is 0.0294. The lowest BCUT2D eigenvalue weighted by Gasteiger charge is -2.15. The Morgan fingerprint density at radius 1 is 1.27 bits per heavy atom. The van der Waals surface area contributed by atoms with Crippen LogP contribution in [-0.2, 0) is 13.0 Å². The number of carbonyl (C=O) groups excluding carboxylic acids is 1. The average Bonchev–Trinajstić information content (AvgIpc) is 3.13. The van der Waals surface area contributed by atoms with Gasteiger partial charge in [0.2, 0.25) is 0 Å². The number of rotatable bonds is 5. The summed E-state index contributed by atoms with van der Waals surface area (Å²) >= 11 is 0. The highest BCUT2D eigenvalue weighted by Crippen LogP contribution is 2.30. The largest absolute Gasteiger partial charge is 0.345 e. The zero-order valence-electron chi connectivity index (χ0n) is 15.5. The molecule has 1 amide bonds. The first-order chi connectivity index (χ1) is 12.5. The fourth-order valence-corrected chi connectivity index (χ4v) is 3.22. The van der Waals surface area contributed by atoms with Crippen LogP contribution in [0.25, 0.3) is 17.2 Å². The Kier molecular flexibility index (Phi) is 5.21. The number of carbonyl (C=O) groups is 1. The van der Waals surface area contributed by atoms with E-state index in [-0.39, 0.29) is 11.5 Å². The molecule has 1 aromatic heterocycles. The predicted molar refractivity (Wildman–Crippen MR) is 106 cm³/mol. The smallest absolute Gasteiger partial charge is 0.254 e. The second kappa shape index (κ2) is 7.56. The summed E-state index contributed by atoms with van der Waals surface area (Å²) in [5.41, 5.74) is 4.46. The van der Waals surface area contributed by atoms with E-state index in [1.807, 2.05) is 48.7 Å². The maximum atomic E-state index is 12.7. The normalized spacial score (nSPS) is 12.6. The van der Waals surface area contributed by atoms with Gasteiger partial charge in [-0.1, -0.05) is 43.4 Å². The van der Waals surface area contributed by atoms with Crippen molar-refractivity contribution < 1.29 is 4.79 Å². The van der Waals surface area contributed by atoms with E-state index in [2.05, 4.69) is 13.0 Å². The van der Waals surface area contributed by atoms with Gasteiger partial charge in [0.05, 0.1) is 0 Å². The van der Waals surface area contributed by atoms with Gasteiger partial charge < -0.3 is 9.47 Å². The van der Waals surface area contributed by atoms with Crippen LogP contribution in [0.5, 0.6) is 0 Å². The molecule has 0 N–H and O–H groups in total. The monoisotopic (exact) mass is 348 g/mol. The molecule has 0 bridgehead atoms. The molecule has 2 aromatic rings. The van der Waals surface area contributed by atoms with Crippen LogP contribution in [0.1, 0.15) is 34.8 Å². The number of amides is 1. The molecule has 1 aromatic carbocycles. The molecule has 0 saturated heterocycles. The molecule has 134 valence electrons. The van der Waals surface area contributed by atoms with Gasteiger partial charge in [-0.3, -0.25) is 9.59 Å². The zero-order valence-corrected chi connectivity index (χ0v) is 15.5. The second-order valence-electron chi connectivity index (χ2n) is 6.66. The standard InChI is InChI=1S/C22H24N2O2/c1-4-5-6-13-24-15-20(18-11-8-12-19(18)22(24)26)16-9-7-10-17(14-16)21(25)23(2)3/h5-11,14-15H,4,12-13H2,1-3H3/b6-5+. The molecule has 1 heterocycles. The summed E-state index contributed by atoms with van der Waals surface area (Å²) in [5, 5.41) is 0. The van der Waals surface area contributed by atoms with Gasteiger partial charge in [-0.2, -0.15) is 0 Å². The van der Waals surface area contributed by atoms with E-state index < -0.39 is 0 Å². The summed E-state index contributed by atoms with van der Waals surface area (Å²) in [4.78, 5) is 26.6. The minimum Gasteiger partial charge on any atom is -0.345 e. The quantitative estimate of drug-likeness (QED) is 0.772. The Morgan fingerprint density at radius 3 is 2.81 bits per heavy atom. The van der Waals surface area contributed by atoms with Gasteiger partial charge in [-0.15, -0.1) is 0 Å². The fourth-order valence-electron chi connectivity index (χ4n) is 3.22. The third kappa shape index (κ3) is 3.40. The number of fused-ring (bicyclic) bond motifs is 1. The van der Waals surface area contributed by atoms with Crippen molar-refractivity contribution in [2.24, 2.45) is 0 Å². The Bertz CT molecular complexity index is 949. The molecule has 3 rings (SSSR count). The van der Waals surface area contributed by atoms with Gasteiger partial charge in [-0.05, 0) is 36.1 Å². The lowest BCUT2D eigenvalue weighted by atomic mass is 9.97. The van der Waals surface area contributed by atoms with Gasteiger partial charge >= 0.3 is 0 Å². The number of hydrogen-bond donors (Lipinski definition) is 0. The van der Waals surface area contributed by atoms with Gasteiger partial charge in [0.15, 0.2) is 0 Å². The van der Waals surface area contributed by atoms with Crippen LogP contribution < -0.4 is 5.56 Å². The highest BCUT2D eigenvalue weighted by Gasteiger charge is 2.18. The molecular weight excluding hydrogens is 324 g/mol. The van der Waals surface area contributed by atoms with E-state index in [9.17, 15) is 9.59 Å². The highest BCUT2D eigenvalue weighted by molar-refractivity contribution is 5.95. The van der Waals surface area contributed by atoms with E-state index >= 15 is 0 Å². The van der Waals surface area contributed by atoms with Crippen molar-refractivity contribution >= 4 is 12.0 Å². The Balaban J connectivity index is 2.12. The van der Waals surface area contributed by atoms with E-state index in [1.54, 1.807) is 23.6 Å². The van der Waals surface area contributed by atoms with Crippen molar-refractivity contribution in [2.75, 3.05) is 14.1 Å². The minimum atomic E-state index is -0.0294. The molecule has 0 radical (unpaired) electrons. The predicted octanol–water partition coefficient (Wildman–Crippen LogP) is 3.75. The van der Waals surface area contributed by atoms with Gasteiger partial charge in [0.25, 0.3) is 11.5 Å². The highest BCUT2D eigenvalue weighted by atomic mass is 16.2. The molecular formula is C22H24N2O2. The lowest BCUT2D eigenvalue weighted by molar-refractivity contribution is 0.0827. The summed E-state index contributed by atoms with van der Waals surface area (Å²) in [7, 11) is 3.49. The Hall–Kier alpha value is -2.88. The molecule has 4 nitrogen and oxygen atoms in total. The molecule has 26 heavy (non-hydrogen) atoms.